The second-order valence-electron chi connectivity index (χ2n) is 10.4. The van der Waals surface area contributed by atoms with Gasteiger partial charge in [-0.15, -0.1) is 0 Å². The number of phosphoric ester groups is 1. The molecular weight excluding hydrogens is 591 g/mol. The van der Waals surface area contributed by atoms with Crippen LogP contribution in [0.1, 0.15) is 0 Å². The Morgan fingerprint density at radius 3 is 1.51 bits per heavy atom. The van der Waals surface area contributed by atoms with Crippen LogP contribution in [-0.4, -0.2) is 38.2 Å². The summed E-state index contributed by atoms with van der Waals surface area (Å²) in [6.07, 6.45) is 0. The molecule has 228 valence electrons. The van der Waals surface area contributed by atoms with E-state index in [4.69, 9.17) is 23.5 Å². The molecule has 0 atom stereocenters. The van der Waals surface area contributed by atoms with E-state index in [9.17, 15) is 14.4 Å². The molecule has 6 aromatic rings. The van der Waals surface area contributed by atoms with Crippen molar-refractivity contribution in [1.82, 2.24) is 0 Å². The lowest BCUT2D eigenvalue weighted by atomic mass is 9.87. The number of benzene rings is 6. The molecule has 2 N–H and O–H groups in total. The van der Waals surface area contributed by atoms with Crippen molar-refractivity contribution in [2.75, 3.05) is 28.4 Å². The predicted octanol–water partition coefficient (Wildman–Crippen LogP) is 8.50. The molecule has 0 saturated carbocycles. The SMILES string of the molecule is COc1cc(OC)cc(-c2cc(-c3c(OP(=O)(O)O)c(-c4cc(OC)cc(OC)c4)cc4ccccc34)c3ccccc3c2)c1. The largest absolute Gasteiger partial charge is 0.524 e. The average molecular weight is 623 g/mol. The van der Waals surface area contributed by atoms with Crippen LogP contribution in [0.5, 0.6) is 28.7 Å². The van der Waals surface area contributed by atoms with Crippen molar-refractivity contribution < 1.29 is 37.8 Å². The molecule has 0 radical (unpaired) electrons. The van der Waals surface area contributed by atoms with E-state index in [0.29, 0.717) is 39.7 Å². The molecule has 0 aliphatic carbocycles. The molecule has 0 saturated heterocycles. The van der Waals surface area contributed by atoms with E-state index in [0.717, 1.165) is 38.2 Å². The molecule has 6 rings (SSSR count). The first-order valence-electron chi connectivity index (χ1n) is 14.0. The fourth-order valence-electron chi connectivity index (χ4n) is 5.65. The fraction of sp³-hybridized carbons (Fsp3) is 0.111. The molecule has 9 heteroatoms. The van der Waals surface area contributed by atoms with Gasteiger partial charge >= 0.3 is 7.82 Å². The van der Waals surface area contributed by atoms with Crippen LogP contribution in [0.15, 0.2) is 103 Å². The molecule has 0 aliphatic rings. The number of methoxy groups -OCH3 is 4. The molecule has 0 aromatic heterocycles. The first kappa shape index (κ1) is 30.0. The summed E-state index contributed by atoms with van der Waals surface area (Å²) in [6, 6.07) is 32.4. The van der Waals surface area contributed by atoms with Crippen LogP contribution in [0, 0.1) is 0 Å². The Hall–Kier alpha value is -5.01. The third kappa shape index (κ3) is 6.04. The maximum absolute atomic E-state index is 12.6. The van der Waals surface area contributed by atoms with Gasteiger partial charge in [-0.2, -0.15) is 0 Å². The van der Waals surface area contributed by atoms with Crippen LogP contribution in [0.3, 0.4) is 0 Å². The third-order valence-electron chi connectivity index (χ3n) is 7.69. The summed E-state index contributed by atoms with van der Waals surface area (Å²) in [5, 5.41) is 3.40. The minimum atomic E-state index is -5.05. The Morgan fingerprint density at radius 2 is 0.978 bits per heavy atom. The van der Waals surface area contributed by atoms with Crippen molar-refractivity contribution in [2.45, 2.75) is 0 Å². The van der Waals surface area contributed by atoms with E-state index in [-0.39, 0.29) is 5.75 Å². The second-order valence-corrected chi connectivity index (χ2v) is 11.5. The molecule has 6 aromatic carbocycles. The number of ether oxygens (including phenoxy) is 4. The first-order valence-corrected chi connectivity index (χ1v) is 15.5. The molecule has 0 heterocycles. The summed E-state index contributed by atoms with van der Waals surface area (Å²) >= 11 is 0. The number of rotatable bonds is 9. The molecule has 0 spiro atoms. The van der Waals surface area contributed by atoms with Crippen molar-refractivity contribution in [3.63, 3.8) is 0 Å². The van der Waals surface area contributed by atoms with Crippen molar-refractivity contribution in [3.8, 4) is 62.1 Å². The van der Waals surface area contributed by atoms with Crippen molar-refractivity contribution in [1.29, 1.82) is 0 Å². The highest BCUT2D eigenvalue weighted by atomic mass is 31.2. The van der Waals surface area contributed by atoms with Crippen molar-refractivity contribution in [2.24, 2.45) is 0 Å². The summed E-state index contributed by atoms with van der Waals surface area (Å²) < 4.78 is 40.4. The normalized spacial score (nSPS) is 11.4. The molecule has 0 bridgehead atoms. The Kier molecular flexibility index (Phi) is 8.12. The average Bonchev–Trinajstić information content (AvgIpc) is 3.06. The minimum absolute atomic E-state index is 0.0304. The van der Waals surface area contributed by atoms with Crippen LogP contribution < -0.4 is 23.5 Å². The number of phosphoric acid groups is 1. The Morgan fingerprint density at radius 1 is 0.511 bits per heavy atom. The topological polar surface area (TPSA) is 104 Å². The molecule has 8 nitrogen and oxygen atoms in total. The summed E-state index contributed by atoms with van der Waals surface area (Å²) in [7, 11) is 1.24. The van der Waals surface area contributed by atoms with Crippen LogP contribution in [0.4, 0.5) is 0 Å². The Balaban J connectivity index is 1.76. The predicted molar refractivity (Wildman–Crippen MR) is 177 cm³/mol. The van der Waals surface area contributed by atoms with Crippen LogP contribution in [0.25, 0.3) is 54.9 Å². The van der Waals surface area contributed by atoms with Gasteiger partial charge < -0.3 is 23.5 Å². The summed E-state index contributed by atoms with van der Waals surface area (Å²) in [5.41, 5.74) is 4.00. The minimum Gasteiger partial charge on any atom is -0.497 e. The molecule has 0 aliphatic heterocycles. The zero-order valence-electron chi connectivity index (χ0n) is 25.1. The molecule has 0 unspecified atom stereocenters. The van der Waals surface area contributed by atoms with E-state index >= 15 is 0 Å². The van der Waals surface area contributed by atoms with Gasteiger partial charge in [0.1, 0.15) is 28.7 Å². The van der Waals surface area contributed by atoms with Crippen LogP contribution in [0.2, 0.25) is 0 Å². The Labute approximate surface area is 260 Å². The zero-order chi connectivity index (χ0) is 31.7. The highest BCUT2D eigenvalue weighted by Crippen LogP contribution is 2.52. The lowest BCUT2D eigenvalue weighted by molar-refractivity contribution is 0.284. The number of hydrogen-bond donors (Lipinski definition) is 2. The lowest BCUT2D eigenvalue weighted by Gasteiger charge is -2.22. The quantitative estimate of drug-likeness (QED) is 0.155. The van der Waals surface area contributed by atoms with Crippen molar-refractivity contribution >= 4 is 29.4 Å². The van der Waals surface area contributed by atoms with Crippen LogP contribution >= 0.6 is 7.82 Å². The second kappa shape index (κ2) is 12.2. The zero-order valence-corrected chi connectivity index (χ0v) is 26.0. The smallest absolute Gasteiger partial charge is 0.497 e. The number of fused-ring (bicyclic) bond motifs is 2. The van der Waals surface area contributed by atoms with E-state index in [1.165, 1.54) is 0 Å². The third-order valence-corrected chi connectivity index (χ3v) is 8.11. The summed E-state index contributed by atoms with van der Waals surface area (Å²) in [5.74, 6) is 2.32. The number of hydrogen-bond acceptors (Lipinski definition) is 6. The molecule has 0 amide bonds. The van der Waals surface area contributed by atoms with Gasteiger partial charge in [0.25, 0.3) is 0 Å². The van der Waals surface area contributed by atoms with Crippen LogP contribution in [-0.2, 0) is 4.57 Å². The monoisotopic (exact) mass is 622 g/mol. The first-order chi connectivity index (χ1) is 21.7. The van der Waals surface area contributed by atoms with Crippen molar-refractivity contribution in [3.05, 3.63) is 103 Å². The van der Waals surface area contributed by atoms with Gasteiger partial charge in [0.15, 0.2) is 0 Å². The highest BCUT2D eigenvalue weighted by molar-refractivity contribution is 7.46. The highest BCUT2D eigenvalue weighted by Gasteiger charge is 2.27. The van der Waals surface area contributed by atoms with Gasteiger partial charge in [-0.1, -0.05) is 48.5 Å². The standard InChI is InChI=1S/C36H31O8P/c1-40-27-14-25(15-28(20-27)41-2)24-13-22-9-5-7-11-31(22)34(19-24)35-32-12-8-6-10-23(32)18-33(36(35)44-45(37,38)39)26-16-29(42-3)21-30(17-26)43-4/h5-21H,1-4H3,(H2,37,38,39). The van der Waals surface area contributed by atoms with E-state index in [2.05, 4.69) is 6.07 Å². The molecule has 45 heavy (non-hydrogen) atoms. The van der Waals surface area contributed by atoms with Gasteiger partial charge in [-0.25, -0.2) is 4.57 Å². The molecular formula is C36H31O8P. The van der Waals surface area contributed by atoms with Gasteiger partial charge in [-0.3, -0.25) is 9.79 Å². The Bertz CT molecular complexity index is 2060. The van der Waals surface area contributed by atoms with E-state index < -0.39 is 7.82 Å². The fourth-order valence-corrected chi connectivity index (χ4v) is 6.07. The molecule has 0 fully saturated rings. The maximum Gasteiger partial charge on any atom is 0.524 e. The van der Waals surface area contributed by atoms with Gasteiger partial charge in [0.2, 0.25) is 0 Å². The van der Waals surface area contributed by atoms with E-state index in [1.807, 2.05) is 72.8 Å². The maximum atomic E-state index is 12.6. The summed E-state index contributed by atoms with van der Waals surface area (Å²) in [4.78, 5) is 20.5. The van der Waals surface area contributed by atoms with E-state index in [1.54, 1.807) is 52.7 Å². The lowest BCUT2D eigenvalue weighted by Crippen LogP contribution is -1.99. The van der Waals surface area contributed by atoms with Gasteiger partial charge in [0, 0.05) is 23.3 Å². The summed E-state index contributed by atoms with van der Waals surface area (Å²) in [6.45, 7) is 0. The van der Waals surface area contributed by atoms with Gasteiger partial charge in [0.05, 0.1) is 28.4 Å². The van der Waals surface area contributed by atoms with Gasteiger partial charge in [-0.05, 0) is 86.3 Å².